The maximum Gasteiger partial charge on any atom is 0.433 e. The summed E-state index contributed by atoms with van der Waals surface area (Å²) in [4.78, 5) is 6.58. The van der Waals surface area contributed by atoms with Crippen LogP contribution in [0.5, 0.6) is 11.5 Å². The summed E-state index contributed by atoms with van der Waals surface area (Å²) in [5, 5.41) is 4.34. The normalized spacial score (nSPS) is 17.4. The number of alkyl halides is 3. The van der Waals surface area contributed by atoms with Crippen molar-refractivity contribution in [2.45, 2.75) is 44.9 Å². The van der Waals surface area contributed by atoms with Crippen LogP contribution in [0.1, 0.15) is 48.5 Å². The van der Waals surface area contributed by atoms with Gasteiger partial charge in [0.1, 0.15) is 5.69 Å². The molecule has 1 saturated heterocycles. The fraction of sp³-hybridized carbons (Fsp3) is 0.455. The van der Waals surface area contributed by atoms with Crippen molar-refractivity contribution in [3.05, 3.63) is 53.0 Å². The van der Waals surface area contributed by atoms with Crippen molar-refractivity contribution >= 4 is 5.65 Å². The van der Waals surface area contributed by atoms with Gasteiger partial charge >= 0.3 is 6.18 Å². The lowest BCUT2D eigenvalue weighted by Crippen LogP contribution is -2.23. The van der Waals surface area contributed by atoms with E-state index in [1.807, 2.05) is 18.2 Å². The first-order chi connectivity index (χ1) is 14.9. The first kappa shape index (κ1) is 21.4. The number of fused-ring (bicyclic) bond motifs is 1. The molecule has 3 aromatic rings. The van der Waals surface area contributed by atoms with Crippen molar-refractivity contribution in [3.8, 4) is 11.5 Å². The molecule has 4 rings (SSSR count). The molecule has 3 heterocycles. The monoisotopic (exact) mass is 434 g/mol. The summed E-state index contributed by atoms with van der Waals surface area (Å²) in [5.41, 5.74) is 1.40. The predicted octanol–water partition coefficient (Wildman–Crippen LogP) is 4.66. The fourth-order valence-electron chi connectivity index (χ4n) is 4.24. The summed E-state index contributed by atoms with van der Waals surface area (Å²) < 4.78 is 52.7. The number of likely N-dealkylation sites (tertiary alicyclic amines) is 1. The van der Waals surface area contributed by atoms with Gasteiger partial charge < -0.3 is 9.47 Å². The van der Waals surface area contributed by atoms with Gasteiger partial charge in [0.15, 0.2) is 17.1 Å². The highest BCUT2D eigenvalue weighted by atomic mass is 19.4. The third kappa shape index (κ3) is 4.06. The highest BCUT2D eigenvalue weighted by Crippen LogP contribution is 2.38. The molecular weight excluding hydrogens is 409 g/mol. The van der Waals surface area contributed by atoms with Crippen LogP contribution in [-0.4, -0.2) is 40.3 Å². The number of aryl methyl sites for hydroxylation is 1. The number of para-hydroxylation sites is 1. The second kappa shape index (κ2) is 8.37. The average molecular weight is 434 g/mol. The van der Waals surface area contributed by atoms with Gasteiger partial charge in [0.2, 0.25) is 0 Å². The van der Waals surface area contributed by atoms with Gasteiger partial charge in [-0.25, -0.2) is 9.50 Å². The summed E-state index contributed by atoms with van der Waals surface area (Å²) in [6.45, 7) is 3.19. The molecule has 1 aliphatic rings. The molecule has 31 heavy (non-hydrogen) atoms. The number of rotatable bonds is 6. The lowest BCUT2D eigenvalue weighted by molar-refractivity contribution is -0.142. The van der Waals surface area contributed by atoms with Crippen LogP contribution in [0, 0.1) is 0 Å². The minimum absolute atomic E-state index is 0.0937. The van der Waals surface area contributed by atoms with E-state index in [0.29, 0.717) is 35.9 Å². The largest absolute Gasteiger partial charge is 0.493 e. The molecule has 166 valence electrons. The van der Waals surface area contributed by atoms with E-state index in [2.05, 4.69) is 15.0 Å². The van der Waals surface area contributed by atoms with Crippen LogP contribution >= 0.6 is 0 Å². The quantitative estimate of drug-likeness (QED) is 0.565. The maximum atomic E-state index is 13.6. The molecule has 1 fully saturated rings. The van der Waals surface area contributed by atoms with E-state index < -0.39 is 11.9 Å². The Morgan fingerprint density at radius 2 is 1.97 bits per heavy atom. The Labute approximate surface area is 178 Å². The lowest BCUT2D eigenvalue weighted by atomic mass is 10.1. The summed E-state index contributed by atoms with van der Waals surface area (Å²) in [7, 11) is 3.19. The van der Waals surface area contributed by atoms with Crippen LogP contribution in [0.4, 0.5) is 13.2 Å². The molecule has 1 atom stereocenters. The summed E-state index contributed by atoms with van der Waals surface area (Å²) >= 11 is 0. The van der Waals surface area contributed by atoms with Gasteiger partial charge in [0.25, 0.3) is 0 Å². The molecule has 1 aliphatic heterocycles. The summed E-state index contributed by atoms with van der Waals surface area (Å²) in [6.07, 6.45) is -2.33. The molecule has 2 aromatic heterocycles. The predicted molar refractivity (Wildman–Crippen MR) is 109 cm³/mol. The number of halogens is 3. The molecule has 1 unspecified atom stereocenters. The first-order valence-electron chi connectivity index (χ1n) is 10.3. The minimum atomic E-state index is -4.50. The third-order valence-electron chi connectivity index (χ3n) is 5.71. The zero-order chi connectivity index (χ0) is 22.2. The Kier molecular flexibility index (Phi) is 5.79. The van der Waals surface area contributed by atoms with Crippen molar-refractivity contribution in [2.75, 3.05) is 20.8 Å². The van der Waals surface area contributed by atoms with E-state index in [9.17, 15) is 13.2 Å². The van der Waals surface area contributed by atoms with E-state index in [1.54, 1.807) is 27.2 Å². The number of hydrogen-bond acceptors (Lipinski definition) is 5. The maximum absolute atomic E-state index is 13.6. The zero-order valence-electron chi connectivity index (χ0n) is 17.7. The topological polar surface area (TPSA) is 51.9 Å². The van der Waals surface area contributed by atoms with Crippen molar-refractivity contribution in [1.29, 1.82) is 0 Å². The average Bonchev–Trinajstić information content (AvgIpc) is 3.38. The molecule has 0 radical (unpaired) electrons. The highest BCUT2D eigenvalue weighted by molar-refractivity contribution is 5.47. The molecule has 0 amide bonds. The van der Waals surface area contributed by atoms with Crippen molar-refractivity contribution in [3.63, 3.8) is 0 Å². The van der Waals surface area contributed by atoms with Gasteiger partial charge in [0.05, 0.1) is 26.0 Å². The number of aromatic nitrogens is 3. The number of benzene rings is 1. The van der Waals surface area contributed by atoms with Gasteiger partial charge in [-0.3, -0.25) is 4.90 Å². The highest BCUT2D eigenvalue weighted by Gasteiger charge is 2.36. The van der Waals surface area contributed by atoms with Crippen LogP contribution in [0.3, 0.4) is 0 Å². The molecule has 0 N–H and O–H groups in total. The Bertz CT molecular complexity index is 1080. The zero-order valence-corrected chi connectivity index (χ0v) is 17.7. The van der Waals surface area contributed by atoms with Gasteiger partial charge in [0, 0.05) is 23.9 Å². The van der Waals surface area contributed by atoms with E-state index in [0.717, 1.165) is 35.5 Å². The van der Waals surface area contributed by atoms with Gasteiger partial charge in [-0.05, 0) is 37.9 Å². The molecular formula is C22H25F3N4O2. The van der Waals surface area contributed by atoms with Crippen LogP contribution < -0.4 is 9.47 Å². The summed E-state index contributed by atoms with van der Waals surface area (Å²) in [5.74, 6) is 1.31. The third-order valence-corrected chi connectivity index (χ3v) is 5.71. The van der Waals surface area contributed by atoms with Crippen LogP contribution in [0.2, 0.25) is 0 Å². The molecule has 0 saturated carbocycles. The summed E-state index contributed by atoms with van der Waals surface area (Å²) in [6, 6.07) is 8.37. The Morgan fingerprint density at radius 3 is 2.65 bits per heavy atom. The van der Waals surface area contributed by atoms with E-state index in [-0.39, 0.29) is 11.7 Å². The molecule has 0 bridgehead atoms. The number of hydrogen-bond donors (Lipinski definition) is 0. The van der Waals surface area contributed by atoms with E-state index >= 15 is 0 Å². The van der Waals surface area contributed by atoms with Gasteiger partial charge in [-0.15, -0.1) is 0 Å². The second-order valence-electron chi connectivity index (χ2n) is 7.60. The first-order valence-corrected chi connectivity index (χ1v) is 10.3. The van der Waals surface area contributed by atoms with Crippen molar-refractivity contribution in [2.24, 2.45) is 0 Å². The molecule has 1 aromatic carbocycles. The SMILES string of the molecule is CCc1cc(C(F)(F)F)n2nc(C3CCCN3Cc3cccc(OC)c3OC)cc2n1. The lowest BCUT2D eigenvalue weighted by Gasteiger charge is -2.24. The standard InChI is InChI=1S/C22H25F3N4O2/c1-4-15-11-19(22(23,24)25)29-20(26-15)12-16(27-29)17-8-6-10-28(17)13-14-7-5-9-18(30-2)21(14)31-3/h5,7,9,11-12,17H,4,6,8,10,13H2,1-3H3. The Morgan fingerprint density at radius 1 is 1.16 bits per heavy atom. The Hall–Kier alpha value is -2.81. The van der Waals surface area contributed by atoms with Crippen molar-refractivity contribution < 1.29 is 22.6 Å². The fourth-order valence-corrected chi connectivity index (χ4v) is 4.24. The van der Waals surface area contributed by atoms with Gasteiger partial charge in [-0.1, -0.05) is 19.1 Å². The van der Waals surface area contributed by atoms with Crippen LogP contribution in [-0.2, 0) is 19.1 Å². The molecule has 9 heteroatoms. The molecule has 0 spiro atoms. The van der Waals surface area contributed by atoms with E-state index in [4.69, 9.17) is 9.47 Å². The van der Waals surface area contributed by atoms with Crippen LogP contribution in [0.15, 0.2) is 30.3 Å². The number of nitrogens with zero attached hydrogens (tertiary/aromatic N) is 4. The minimum Gasteiger partial charge on any atom is -0.493 e. The van der Waals surface area contributed by atoms with Crippen molar-refractivity contribution in [1.82, 2.24) is 19.5 Å². The van der Waals surface area contributed by atoms with Crippen LogP contribution in [0.25, 0.3) is 5.65 Å². The smallest absolute Gasteiger partial charge is 0.433 e. The molecule has 0 aliphatic carbocycles. The van der Waals surface area contributed by atoms with E-state index in [1.165, 1.54) is 0 Å². The molecule has 6 nitrogen and oxygen atoms in total. The Balaban J connectivity index is 1.70. The van der Waals surface area contributed by atoms with Gasteiger partial charge in [-0.2, -0.15) is 18.3 Å². The second-order valence-corrected chi connectivity index (χ2v) is 7.60. The number of ether oxygens (including phenoxy) is 2. The number of methoxy groups -OCH3 is 2.